The van der Waals surface area contributed by atoms with Gasteiger partial charge < -0.3 is 4.74 Å². The van der Waals surface area contributed by atoms with E-state index in [4.69, 9.17) is 16.3 Å². The van der Waals surface area contributed by atoms with Gasteiger partial charge in [0.1, 0.15) is 12.4 Å². The topological polar surface area (TPSA) is 55.4 Å². The first-order valence-electron chi connectivity index (χ1n) is 9.12. The first-order valence-corrected chi connectivity index (χ1v) is 11.4. The molecule has 3 aromatic rings. The Morgan fingerprint density at radius 2 is 1.79 bits per heavy atom. The van der Waals surface area contributed by atoms with Crippen LogP contribution in [-0.4, -0.2) is 14.7 Å². The molecule has 0 aromatic heterocycles. The fourth-order valence-electron chi connectivity index (χ4n) is 3.59. The van der Waals surface area contributed by atoms with Gasteiger partial charge in [-0.2, -0.15) is 0 Å². The van der Waals surface area contributed by atoms with E-state index in [1.165, 1.54) is 0 Å². The van der Waals surface area contributed by atoms with E-state index in [-0.39, 0.29) is 0 Å². The summed E-state index contributed by atoms with van der Waals surface area (Å²) in [5.41, 5.74) is 6.64. The van der Waals surface area contributed by atoms with E-state index in [0.29, 0.717) is 17.3 Å². The Hall–Kier alpha value is -2.76. The van der Waals surface area contributed by atoms with Crippen LogP contribution >= 0.6 is 11.6 Å². The zero-order valence-electron chi connectivity index (χ0n) is 16.1. The average molecular weight is 426 g/mol. The summed E-state index contributed by atoms with van der Waals surface area (Å²) in [5, 5.41) is 0.617. The van der Waals surface area contributed by atoms with Crippen LogP contribution in [0.1, 0.15) is 29.2 Å². The zero-order valence-corrected chi connectivity index (χ0v) is 17.6. The smallest absolute Gasteiger partial charge is 0.229 e. The van der Waals surface area contributed by atoms with Crippen LogP contribution in [0.25, 0.3) is 11.1 Å². The quantitative estimate of drug-likeness (QED) is 0.595. The molecule has 1 N–H and O–H groups in total. The van der Waals surface area contributed by atoms with Crippen molar-refractivity contribution in [1.29, 1.82) is 0 Å². The Kier molecular flexibility index (Phi) is 5.11. The van der Waals surface area contributed by atoms with Crippen LogP contribution in [0, 0.1) is 0 Å². The summed E-state index contributed by atoms with van der Waals surface area (Å²) < 4.78 is 31.9. The molecule has 0 spiro atoms. The molecule has 0 fully saturated rings. The Labute approximate surface area is 175 Å². The number of hydrogen-bond donors (Lipinski definition) is 1. The summed E-state index contributed by atoms with van der Waals surface area (Å²) >= 11 is 6.21. The molecule has 0 unspecified atom stereocenters. The average Bonchev–Trinajstić information content (AvgIpc) is 2.83. The van der Waals surface area contributed by atoms with E-state index in [1.54, 1.807) is 6.07 Å². The third kappa shape index (κ3) is 4.16. The van der Waals surface area contributed by atoms with Crippen molar-refractivity contribution in [2.45, 2.75) is 13.5 Å². The molecule has 29 heavy (non-hydrogen) atoms. The van der Waals surface area contributed by atoms with Crippen LogP contribution < -0.4 is 9.46 Å². The number of fused-ring (bicyclic) bond motifs is 2. The number of nitrogens with one attached hydrogen (secondary N) is 1. The lowest BCUT2D eigenvalue weighted by molar-refractivity contribution is 0.307. The molecule has 0 saturated carbocycles. The van der Waals surface area contributed by atoms with Crippen molar-refractivity contribution in [3.05, 3.63) is 94.0 Å². The van der Waals surface area contributed by atoms with Gasteiger partial charge in [-0.1, -0.05) is 48.0 Å². The normalized spacial score (nSPS) is 14.9. The number of halogens is 1. The van der Waals surface area contributed by atoms with E-state index in [0.717, 1.165) is 45.4 Å². The fraction of sp³-hybridized carbons (Fsp3) is 0.130. The van der Waals surface area contributed by atoms with Crippen LogP contribution in [0.2, 0.25) is 5.02 Å². The lowest BCUT2D eigenvalue weighted by atomic mass is 9.88. The molecule has 6 heteroatoms. The van der Waals surface area contributed by atoms with Crippen molar-refractivity contribution in [3.63, 3.8) is 0 Å². The zero-order chi connectivity index (χ0) is 20.6. The monoisotopic (exact) mass is 425 g/mol. The second kappa shape index (κ2) is 7.58. The van der Waals surface area contributed by atoms with E-state index in [1.807, 2.05) is 55.5 Å². The highest BCUT2D eigenvalue weighted by molar-refractivity contribution is 7.92. The molecule has 1 aliphatic rings. The number of rotatable bonds is 3. The maximum atomic E-state index is 11.6. The molecular weight excluding hydrogens is 406 g/mol. The molecular formula is C23H20ClNO3S. The maximum Gasteiger partial charge on any atom is 0.229 e. The van der Waals surface area contributed by atoms with Gasteiger partial charge in [0.15, 0.2) is 0 Å². The number of hydrogen-bond acceptors (Lipinski definition) is 3. The van der Waals surface area contributed by atoms with Crippen molar-refractivity contribution < 1.29 is 13.2 Å². The summed E-state index contributed by atoms with van der Waals surface area (Å²) in [5.74, 6) is 0.730. The summed E-state index contributed by atoms with van der Waals surface area (Å²) in [4.78, 5) is 0. The molecule has 0 bridgehead atoms. The highest BCUT2D eigenvalue weighted by Crippen LogP contribution is 2.42. The standard InChI is InChI=1S/C23H20ClNO3S/c1-15(16-7-5-8-19(12-16)25-29(2,26)27)23-20-9-4-3-6-17(20)14-28-22-13-18(24)10-11-21(22)23/h3-13,25H,14H2,1-2H3/b23-15-. The number of ether oxygens (including phenoxy) is 1. The van der Waals surface area contributed by atoms with Gasteiger partial charge in [0.25, 0.3) is 0 Å². The molecule has 0 atom stereocenters. The maximum absolute atomic E-state index is 11.6. The molecule has 0 saturated heterocycles. The van der Waals surface area contributed by atoms with Crippen LogP contribution in [-0.2, 0) is 16.6 Å². The van der Waals surface area contributed by atoms with Crippen molar-refractivity contribution in [2.75, 3.05) is 11.0 Å². The number of sulfonamides is 1. The van der Waals surface area contributed by atoms with E-state index in [2.05, 4.69) is 16.9 Å². The molecule has 4 rings (SSSR count). The van der Waals surface area contributed by atoms with Gasteiger partial charge in [0.2, 0.25) is 10.0 Å². The lowest BCUT2D eigenvalue weighted by Crippen LogP contribution is -2.09. The SMILES string of the molecule is C/C(=C1\c2ccccc2COc2cc(Cl)ccc21)c1cccc(NS(C)(=O)=O)c1. The predicted molar refractivity (Wildman–Crippen MR) is 119 cm³/mol. The second-order valence-electron chi connectivity index (χ2n) is 7.04. The molecule has 1 aliphatic heterocycles. The largest absolute Gasteiger partial charge is 0.488 e. The minimum absolute atomic E-state index is 0.454. The van der Waals surface area contributed by atoms with E-state index in [9.17, 15) is 8.42 Å². The Balaban J connectivity index is 1.95. The summed E-state index contributed by atoms with van der Waals surface area (Å²) in [6.45, 7) is 2.49. The first kappa shape index (κ1) is 19.6. The van der Waals surface area contributed by atoms with Crippen LogP contribution in [0.4, 0.5) is 5.69 Å². The van der Waals surface area contributed by atoms with Gasteiger partial charge in [-0.15, -0.1) is 0 Å². The van der Waals surface area contributed by atoms with Crippen molar-refractivity contribution in [3.8, 4) is 5.75 Å². The molecule has 0 radical (unpaired) electrons. The summed E-state index contributed by atoms with van der Waals surface area (Å²) in [7, 11) is -3.35. The minimum atomic E-state index is -3.35. The van der Waals surface area contributed by atoms with Crippen LogP contribution in [0.5, 0.6) is 5.75 Å². The van der Waals surface area contributed by atoms with Crippen LogP contribution in [0.15, 0.2) is 66.7 Å². The highest BCUT2D eigenvalue weighted by atomic mass is 35.5. The number of allylic oxidation sites excluding steroid dienone is 1. The molecule has 0 amide bonds. The van der Waals surface area contributed by atoms with Gasteiger partial charge >= 0.3 is 0 Å². The molecule has 148 valence electrons. The molecule has 3 aromatic carbocycles. The molecule has 1 heterocycles. The second-order valence-corrected chi connectivity index (χ2v) is 9.23. The summed E-state index contributed by atoms with van der Waals surface area (Å²) in [6.07, 6.45) is 1.14. The Bertz CT molecular complexity index is 1230. The van der Waals surface area contributed by atoms with Crippen molar-refractivity contribution in [1.82, 2.24) is 0 Å². The lowest BCUT2D eigenvalue weighted by Gasteiger charge is -2.16. The van der Waals surface area contributed by atoms with Gasteiger partial charge in [0, 0.05) is 16.3 Å². The van der Waals surface area contributed by atoms with E-state index >= 15 is 0 Å². The molecule has 0 aliphatic carbocycles. The highest BCUT2D eigenvalue weighted by Gasteiger charge is 2.22. The number of benzene rings is 3. The van der Waals surface area contributed by atoms with Crippen molar-refractivity contribution in [2.24, 2.45) is 0 Å². The third-order valence-corrected chi connectivity index (χ3v) is 5.70. The van der Waals surface area contributed by atoms with Gasteiger partial charge in [-0.3, -0.25) is 4.72 Å². The Morgan fingerprint density at radius 3 is 2.59 bits per heavy atom. The third-order valence-electron chi connectivity index (χ3n) is 4.86. The predicted octanol–water partition coefficient (Wildman–Crippen LogP) is 5.58. The van der Waals surface area contributed by atoms with Gasteiger partial charge in [-0.05, 0) is 65.1 Å². The fourth-order valence-corrected chi connectivity index (χ4v) is 4.31. The minimum Gasteiger partial charge on any atom is -0.488 e. The van der Waals surface area contributed by atoms with Gasteiger partial charge in [0.05, 0.1) is 6.26 Å². The van der Waals surface area contributed by atoms with E-state index < -0.39 is 10.0 Å². The number of anilines is 1. The first-order chi connectivity index (χ1) is 13.8. The Morgan fingerprint density at radius 1 is 1.00 bits per heavy atom. The van der Waals surface area contributed by atoms with Crippen molar-refractivity contribution >= 4 is 38.5 Å². The van der Waals surface area contributed by atoms with Crippen LogP contribution in [0.3, 0.4) is 0 Å². The summed E-state index contributed by atoms with van der Waals surface area (Å²) in [6, 6.07) is 21.2. The van der Waals surface area contributed by atoms with Gasteiger partial charge in [-0.25, -0.2) is 8.42 Å². The molecule has 4 nitrogen and oxygen atoms in total.